The largest absolute Gasteiger partial charge is 0.494 e. The molecule has 2 rings (SSSR count). The summed E-state index contributed by atoms with van der Waals surface area (Å²) in [6.45, 7) is 3.53. The van der Waals surface area contributed by atoms with E-state index in [1.54, 1.807) is 6.92 Å². The van der Waals surface area contributed by atoms with Gasteiger partial charge in [0.05, 0.1) is 13.7 Å². The molecule has 4 nitrogen and oxygen atoms in total. The number of benzene rings is 1. The zero-order chi connectivity index (χ0) is 14.9. The number of halogens is 1. The summed E-state index contributed by atoms with van der Waals surface area (Å²) in [6.07, 6.45) is 0. The van der Waals surface area contributed by atoms with E-state index in [1.807, 2.05) is 6.92 Å². The highest BCUT2D eigenvalue weighted by atomic mass is 32.1. The Balaban J connectivity index is 2.28. The standard InChI is InChI=1S/C14H14FNO3S/c1-8-9(2)20-14(18)16(8)7-12(17)10-4-5-13(19-3)11(15)6-10/h4-6H,7H2,1-3H3. The van der Waals surface area contributed by atoms with Gasteiger partial charge in [0.2, 0.25) is 0 Å². The molecule has 0 saturated heterocycles. The molecule has 0 amide bonds. The highest BCUT2D eigenvalue weighted by Crippen LogP contribution is 2.18. The maximum atomic E-state index is 13.6. The summed E-state index contributed by atoms with van der Waals surface area (Å²) in [7, 11) is 1.36. The van der Waals surface area contributed by atoms with Crippen molar-refractivity contribution in [3.63, 3.8) is 0 Å². The van der Waals surface area contributed by atoms with Crippen LogP contribution in [0.3, 0.4) is 0 Å². The molecule has 1 heterocycles. The van der Waals surface area contributed by atoms with Gasteiger partial charge < -0.3 is 4.74 Å². The average molecular weight is 295 g/mol. The zero-order valence-electron chi connectivity index (χ0n) is 11.4. The molecule has 106 valence electrons. The van der Waals surface area contributed by atoms with Crippen LogP contribution >= 0.6 is 11.3 Å². The van der Waals surface area contributed by atoms with Gasteiger partial charge in [0.25, 0.3) is 0 Å². The van der Waals surface area contributed by atoms with Gasteiger partial charge in [-0.15, -0.1) is 0 Å². The maximum absolute atomic E-state index is 13.6. The van der Waals surface area contributed by atoms with Crippen molar-refractivity contribution in [3.8, 4) is 5.75 Å². The van der Waals surface area contributed by atoms with E-state index in [2.05, 4.69) is 0 Å². The highest BCUT2D eigenvalue weighted by molar-refractivity contribution is 7.09. The first kappa shape index (κ1) is 14.5. The normalized spacial score (nSPS) is 10.6. The summed E-state index contributed by atoms with van der Waals surface area (Å²) in [4.78, 5) is 24.5. The summed E-state index contributed by atoms with van der Waals surface area (Å²) in [5.41, 5.74) is 0.987. The number of hydrogen-bond donors (Lipinski definition) is 0. The van der Waals surface area contributed by atoms with Gasteiger partial charge in [-0.05, 0) is 32.0 Å². The molecule has 1 aromatic carbocycles. The molecule has 1 aromatic heterocycles. The number of nitrogens with zero attached hydrogens (tertiary/aromatic N) is 1. The Morgan fingerprint density at radius 2 is 2.10 bits per heavy atom. The molecule has 0 radical (unpaired) electrons. The van der Waals surface area contributed by atoms with Crippen LogP contribution in [0, 0.1) is 19.7 Å². The van der Waals surface area contributed by atoms with Crippen LogP contribution in [0.2, 0.25) is 0 Å². The molecule has 0 spiro atoms. The number of carbonyl (C=O) groups is 1. The first-order chi connectivity index (χ1) is 9.43. The first-order valence-electron chi connectivity index (χ1n) is 5.97. The lowest BCUT2D eigenvalue weighted by Gasteiger charge is -2.06. The second kappa shape index (κ2) is 5.58. The SMILES string of the molecule is COc1ccc(C(=O)Cn2c(C)c(C)sc2=O)cc1F. The van der Waals surface area contributed by atoms with Gasteiger partial charge >= 0.3 is 4.87 Å². The number of thiazole rings is 1. The number of carbonyl (C=O) groups excluding carboxylic acids is 1. The van der Waals surface area contributed by atoms with Crippen molar-refractivity contribution >= 4 is 17.1 Å². The van der Waals surface area contributed by atoms with Gasteiger partial charge in [-0.25, -0.2) is 4.39 Å². The van der Waals surface area contributed by atoms with Gasteiger partial charge in [-0.2, -0.15) is 0 Å². The van der Waals surface area contributed by atoms with E-state index in [-0.39, 0.29) is 28.5 Å². The molecular formula is C14H14FNO3S. The summed E-state index contributed by atoms with van der Waals surface area (Å²) in [6, 6.07) is 4.02. The Morgan fingerprint density at radius 1 is 1.40 bits per heavy atom. The number of hydrogen-bond acceptors (Lipinski definition) is 4. The molecule has 0 unspecified atom stereocenters. The Kier molecular flexibility index (Phi) is 4.04. The maximum Gasteiger partial charge on any atom is 0.307 e. The zero-order valence-corrected chi connectivity index (χ0v) is 12.2. The van der Waals surface area contributed by atoms with E-state index in [0.29, 0.717) is 0 Å². The van der Waals surface area contributed by atoms with E-state index in [4.69, 9.17) is 4.74 Å². The molecule has 6 heteroatoms. The van der Waals surface area contributed by atoms with Crippen LogP contribution in [0.1, 0.15) is 20.9 Å². The lowest BCUT2D eigenvalue weighted by Crippen LogP contribution is -2.20. The third-order valence-electron chi connectivity index (χ3n) is 3.15. The number of aryl methyl sites for hydroxylation is 1. The number of Topliss-reactive ketones (excluding diaryl/α,β-unsaturated/α-hetero) is 1. The molecule has 2 aromatic rings. The fourth-order valence-corrected chi connectivity index (χ4v) is 2.68. The van der Waals surface area contributed by atoms with Crippen molar-refractivity contribution < 1.29 is 13.9 Å². The van der Waals surface area contributed by atoms with Crippen LogP contribution < -0.4 is 9.61 Å². The Bertz CT molecular complexity index is 718. The second-order valence-corrected chi connectivity index (χ2v) is 5.53. The number of rotatable bonds is 4. The summed E-state index contributed by atoms with van der Waals surface area (Å²) in [5.74, 6) is -0.820. The quantitative estimate of drug-likeness (QED) is 0.814. The topological polar surface area (TPSA) is 48.3 Å². The van der Waals surface area contributed by atoms with Crippen molar-refractivity contribution in [2.75, 3.05) is 7.11 Å². The highest BCUT2D eigenvalue weighted by Gasteiger charge is 2.14. The van der Waals surface area contributed by atoms with Gasteiger partial charge in [0.15, 0.2) is 17.3 Å². The smallest absolute Gasteiger partial charge is 0.307 e. The third kappa shape index (κ3) is 2.65. The molecule has 0 aliphatic carbocycles. The van der Waals surface area contributed by atoms with Gasteiger partial charge in [0.1, 0.15) is 0 Å². The Labute approximate surface area is 119 Å². The second-order valence-electron chi connectivity index (χ2n) is 4.37. The number of methoxy groups -OCH3 is 1. The minimum atomic E-state index is -0.594. The minimum Gasteiger partial charge on any atom is -0.494 e. The molecule has 0 N–H and O–H groups in total. The van der Waals surface area contributed by atoms with Crippen LogP contribution in [-0.2, 0) is 6.54 Å². The Hall–Kier alpha value is -1.95. The molecule has 0 fully saturated rings. The van der Waals surface area contributed by atoms with E-state index >= 15 is 0 Å². The fourth-order valence-electron chi connectivity index (χ4n) is 1.84. The van der Waals surface area contributed by atoms with Crippen LogP contribution in [0.4, 0.5) is 4.39 Å². The van der Waals surface area contributed by atoms with E-state index < -0.39 is 5.82 Å². The van der Waals surface area contributed by atoms with E-state index in [9.17, 15) is 14.0 Å². The summed E-state index contributed by atoms with van der Waals surface area (Å²) >= 11 is 1.10. The molecule has 20 heavy (non-hydrogen) atoms. The minimum absolute atomic E-state index is 0.0826. The number of ketones is 1. The third-order valence-corrected chi connectivity index (χ3v) is 4.15. The van der Waals surface area contributed by atoms with Gasteiger partial charge in [-0.3, -0.25) is 14.2 Å². The molecule has 0 aliphatic rings. The first-order valence-corrected chi connectivity index (χ1v) is 6.79. The van der Waals surface area contributed by atoms with Gasteiger partial charge in [0, 0.05) is 16.1 Å². The van der Waals surface area contributed by atoms with Crippen molar-refractivity contribution in [2.24, 2.45) is 0 Å². The average Bonchev–Trinajstić information content (AvgIpc) is 2.65. The lowest BCUT2D eigenvalue weighted by molar-refractivity contribution is 0.0970. The molecule has 0 bridgehead atoms. The fraction of sp³-hybridized carbons (Fsp3) is 0.286. The van der Waals surface area contributed by atoms with Crippen LogP contribution in [0.25, 0.3) is 0 Å². The predicted molar refractivity (Wildman–Crippen MR) is 75.3 cm³/mol. The van der Waals surface area contributed by atoms with Crippen molar-refractivity contribution in [3.05, 3.63) is 49.8 Å². The molecule has 0 saturated carbocycles. The van der Waals surface area contributed by atoms with Crippen molar-refractivity contribution in [2.45, 2.75) is 20.4 Å². The number of ether oxygens (including phenoxy) is 1. The predicted octanol–water partition coefficient (Wildman–Crippen LogP) is 2.56. The molecule has 0 atom stereocenters. The lowest BCUT2D eigenvalue weighted by atomic mass is 10.1. The van der Waals surface area contributed by atoms with E-state index in [0.717, 1.165) is 28.0 Å². The van der Waals surface area contributed by atoms with Crippen molar-refractivity contribution in [1.29, 1.82) is 0 Å². The van der Waals surface area contributed by atoms with Crippen LogP contribution in [0.5, 0.6) is 5.75 Å². The molecular weight excluding hydrogens is 281 g/mol. The summed E-state index contributed by atoms with van der Waals surface area (Å²) in [5, 5.41) is 0. The summed E-state index contributed by atoms with van der Waals surface area (Å²) < 4.78 is 19.8. The number of aromatic nitrogens is 1. The Morgan fingerprint density at radius 3 is 2.60 bits per heavy atom. The molecule has 0 aliphatic heterocycles. The van der Waals surface area contributed by atoms with Crippen LogP contribution in [-0.4, -0.2) is 17.5 Å². The van der Waals surface area contributed by atoms with Crippen LogP contribution in [0.15, 0.2) is 23.0 Å². The van der Waals surface area contributed by atoms with Gasteiger partial charge in [-0.1, -0.05) is 11.3 Å². The van der Waals surface area contributed by atoms with E-state index in [1.165, 1.54) is 23.8 Å². The van der Waals surface area contributed by atoms with Crippen molar-refractivity contribution in [1.82, 2.24) is 4.57 Å². The monoisotopic (exact) mass is 295 g/mol.